The third-order valence-electron chi connectivity index (χ3n) is 13.0. The molecule has 0 heterocycles. The van der Waals surface area contributed by atoms with E-state index in [9.17, 15) is 19.0 Å². The second-order valence-electron chi connectivity index (χ2n) is 21.1. The number of carbonyl (C=O) groups excluding carboxylic acids is 2. The van der Waals surface area contributed by atoms with Gasteiger partial charge in [-0.2, -0.15) is 0 Å². The highest BCUT2D eigenvalue weighted by Crippen LogP contribution is 2.38. The first kappa shape index (κ1) is 67.2. The van der Waals surface area contributed by atoms with Crippen molar-refractivity contribution in [2.24, 2.45) is 0 Å². The van der Waals surface area contributed by atoms with Crippen LogP contribution in [0, 0.1) is 0 Å². The van der Waals surface area contributed by atoms with Crippen molar-refractivity contribution in [1.29, 1.82) is 0 Å². The van der Waals surface area contributed by atoms with Crippen LogP contribution in [0.5, 0.6) is 0 Å². The lowest BCUT2D eigenvalue weighted by Gasteiger charge is -2.30. The van der Waals surface area contributed by atoms with Crippen LogP contribution in [0.15, 0.2) is 36.5 Å². The van der Waals surface area contributed by atoms with Gasteiger partial charge in [0.2, 0.25) is 5.91 Å². The number of phosphoric acid groups is 1. The van der Waals surface area contributed by atoms with Gasteiger partial charge in [0, 0.05) is 12.8 Å². The number of likely N-dealkylation sites (N-methyl/N-ethyl adjacent to an activating group) is 1. The van der Waals surface area contributed by atoms with Crippen LogP contribution in [-0.2, 0) is 27.9 Å². The predicted octanol–water partition coefficient (Wildman–Crippen LogP) is 16.9. The Kier molecular flexibility index (Phi) is 48.5. The number of carbonyl (C=O) groups is 2. The summed E-state index contributed by atoms with van der Waals surface area (Å²) in [7, 11) is 1.18. The van der Waals surface area contributed by atoms with Gasteiger partial charge >= 0.3 is 5.97 Å². The second kappa shape index (κ2) is 49.8. The Morgan fingerprint density at radius 1 is 0.493 bits per heavy atom. The second-order valence-corrected chi connectivity index (χ2v) is 22.6. The Morgan fingerprint density at radius 3 is 1.25 bits per heavy atom. The first-order chi connectivity index (χ1) is 33.4. The first-order valence-corrected chi connectivity index (χ1v) is 30.8. The molecular weight excluding hydrogens is 880 g/mol. The highest BCUT2D eigenvalue weighted by atomic mass is 31.2. The van der Waals surface area contributed by atoms with Crippen molar-refractivity contribution < 1.29 is 37.3 Å². The molecule has 9 nitrogen and oxygen atoms in total. The van der Waals surface area contributed by atoms with Crippen molar-refractivity contribution in [2.75, 3.05) is 40.9 Å². The van der Waals surface area contributed by atoms with E-state index < -0.39 is 26.6 Å². The smallest absolute Gasteiger partial charge is 0.306 e. The van der Waals surface area contributed by atoms with Gasteiger partial charge in [-0.05, 0) is 83.1 Å². The number of phosphoric ester groups is 1. The van der Waals surface area contributed by atoms with Gasteiger partial charge in [-0.3, -0.25) is 14.2 Å². The molecule has 0 rings (SSSR count). The molecule has 0 radical (unpaired) electrons. The Balaban J connectivity index is 5.36. The van der Waals surface area contributed by atoms with Crippen LogP contribution >= 0.6 is 7.82 Å². The fourth-order valence-corrected chi connectivity index (χ4v) is 9.18. The third-order valence-corrected chi connectivity index (χ3v) is 14.0. The quantitative estimate of drug-likeness (QED) is 0.0212. The van der Waals surface area contributed by atoms with Gasteiger partial charge in [0.25, 0.3) is 7.82 Å². The molecule has 0 saturated heterocycles. The predicted molar refractivity (Wildman–Crippen MR) is 293 cm³/mol. The van der Waals surface area contributed by atoms with Gasteiger partial charge in [0.1, 0.15) is 19.3 Å². The molecule has 3 atom stereocenters. The minimum absolute atomic E-state index is 0.0243. The van der Waals surface area contributed by atoms with Crippen molar-refractivity contribution in [1.82, 2.24) is 5.32 Å². The first-order valence-electron chi connectivity index (χ1n) is 29.3. The van der Waals surface area contributed by atoms with Gasteiger partial charge in [0.05, 0.1) is 33.8 Å². The SMILES string of the molecule is CCCCCCCC/C=C\CCCCCC(=O)NC(COP(=O)([O-])OCC[N+](C)(C)C)C(/C=C/CCCCCCCCCCCCC)OC(=O)CCCCCCCCC/C=C/CCCCCCCC. The zero-order valence-electron chi connectivity index (χ0n) is 46.3. The molecule has 0 aromatic rings. The lowest BCUT2D eigenvalue weighted by molar-refractivity contribution is -0.870. The third kappa shape index (κ3) is 51.0. The molecule has 0 aromatic heterocycles. The zero-order chi connectivity index (χ0) is 50.8. The number of esters is 1. The fourth-order valence-electron chi connectivity index (χ4n) is 8.45. The summed E-state index contributed by atoms with van der Waals surface area (Å²) in [5, 5.41) is 3.01. The van der Waals surface area contributed by atoms with E-state index in [1.54, 1.807) is 0 Å². The number of hydrogen-bond donors (Lipinski definition) is 1. The molecule has 0 aliphatic rings. The molecule has 0 aliphatic carbocycles. The topological polar surface area (TPSA) is 114 Å². The number of hydrogen-bond acceptors (Lipinski definition) is 7. The van der Waals surface area contributed by atoms with E-state index in [1.165, 1.54) is 161 Å². The van der Waals surface area contributed by atoms with Crippen LogP contribution in [0.3, 0.4) is 0 Å². The number of amides is 1. The lowest BCUT2D eigenvalue weighted by atomic mass is 10.0. The number of unbranched alkanes of at least 4 members (excludes halogenated alkanes) is 33. The van der Waals surface area contributed by atoms with E-state index in [4.69, 9.17) is 13.8 Å². The average molecular weight is 994 g/mol. The molecule has 69 heavy (non-hydrogen) atoms. The molecule has 10 heteroatoms. The average Bonchev–Trinajstić information content (AvgIpc) is 3.31. The summed E-state index contributed by atoms with van der Waals surface area (Å²) in [6.45, 7) is 6.83. The molecule has 0 aromatic carbocycles. The molecule has 1 N–H and O–H groups in total. The van der Waals surface area contributed by atoms with Crippen molar-refractivity contribution in [2.45, 2.75) is 290 Å². The molecular formula is C59H113N2O7P. The molecule has 1 amide bonds. The maximum absolute atomic E-state index is 13.5. The van der Waals surface area contributed by atoms with Crippen molar-refractivity contribution >= 4 is 19.7 Å². The summed E-state index contributed by atoms with van der Waals surface area (Å²) < 4.78 is 30.2. The van der Waals surface area contributed by atoms with Crippen molar-refractivity contribution in [3.05, 3.63) is 36.5 Å². The number of ether oxygens (including phenoxy) is 1. The maximum atomic E-state index is 13.5. The summed E-state index contributed by atoms with van der Waals surface area (Å²) in [4.78, 5) is 39.8. The van der Waals surface area contributed by atoms with Gasteiger partial charge in [-0.1, -0.05) is 218 Å². The van der Waals surface area contributed by atoms with E-state index >= 15 is 0 Å². The Labute approximate surface area is 427 Å². The molecule has 406 valence electrons. The summed E-state index contributed by atoms with van der Waals surface area (Å²) >= 11 is 0. The molecule has 0 saturated carbocycles. The van der Waals surface area contributed by atoms with E-state index in [0.717, 1.165) is 77.0 Å². The van der Waals surface area contributed by atoms with Gasteiger partial charge in [-0.25, -0.2) is 0 Å². The van der Waals surface area contributed by atoms with Crippen LogP contribution in [0.2, 0.25) is 0 Å². The van der Waals surface area contributed by atoms with E-state index in [1.807, 2.05) is 33.3 Å². The summed E-state index contributed by atoms with van der Waals surface area (Å²) in [5.41, 5.74) is 0. The number of quaternary nitrogens is 1. The van der Waals surface area contributed by atoms with Crippen LogP contribution in [0.25, 0.3) is 0 Å². The standard InChI is InChI=1S/C59H113N2O7P/c1-7-10-13-16-19-22-25-28-29-30-31-34-37-40-43-46-49-52-59(63)68-57(50-47-44-41-38-35-32-26-23-20-17-14-11-8-2)56(55-67-69(64,65)66-54-53-61(4,5)6)60-58(62)51-48-45-42-39-36-33-27-24-21-18-15-12-9-3/h28-29,33,36,47,50,56-57H,7-27,30-32,34-35,37-46,48-49,51-55H2,1-6H3,(H-,60,62,64,65)/b29-28+,36-33-,50-47+. The van der Waals surface area contributed by atoms with Crippen LogP contribution < -0.4 is 10.2 Å². The maximum Gasteiger partial charge on any atom is 0.306 e. The van der Waals surface area contributed by atoms with Crippen molar-refractivity contribution in [3.63, 3.8) is 0 Å². The van der Waals surface area contributed by atoms with Crippen molar-refractivity contribution in [3.8, 4) is 0 Å². The van der Waals surface area contributed by atoms with Crippen LogP contribution in [0.4, 0.5) is 0 Å². The van der Waals surface area contributed by atoms with E-state index in [-0.39, 0.29) is 24.9 Å². The minimum atomic E-state index is -4.69. The number of allylic oxidation sites excluding steroid dienone is 5. The number of nitrogens with zero attached hydrogens (tertiary/aromatic N) is 1. The number of nitrogens with one attached hydrogen (secondary N) is 1. The highest BCUT2D eigenvalue weighted by Gasteiger charge is 2.27. The van der Waals surface area contributed by atoms with Gasteiger partial charge in [-0.15, -0.1) is 0 Å². The van der Waals surface area contributed by atoms with E-state index in [2.05, 4.69) is 50.4 Å². The normalized spacial score (nSPS) is 14.0. The fraction of sp³-hybridized carbons (Fsp3) is 0.864. The zero-order valence-corrected chi connectivity index (χ0v) is 47.2. The minimum Gasteiger partial charge on any atom is -0.756 e. The molecule has 0 bridgehead atoms. The molecule has 3 unspecified atom stereocenters. The van der Waals surface area contributed by atoms with Gasteiger partial charge in [0.15, 0.2) is 0 Å². The molecule has 0 fully saturated rings. The summed E-state index contributed by atoms with van der Waals surface area (Å²) in [6, 6.07) is -0.894. The van der Waals surface area contributed by atoms with Crippen LogP contribution in [0.1, 0.15) is 278 Å². The lowest BCUT2D eigenvalue weighted by Crippen LogP contribution is -2.47. The summed E-state index contributed by atoms with van der Waals surface area (Å²) in [6.07, 6.45) is 58.2. The molecule has 0 aliphatic heterocycles. The highest BCUT2D eigenvalue weighted by molar-refractivity contribution is 7.45. The number of rotatable bonds is 53. The largest absolute Gasteiger partial charge is 0.756 e. The monoisotopic (exact) mass is 993 g/mol. The van der Waals surface area contributed by atoms with E-state index in [0.29, 0.717) is 23.9 Å². The van der Waals surface area contributed by atoms with Crippen LogP contribution in [-0.4, -0.2) is 69.4 Å². The summed E-state index contributed by atoms with van der Waals surface area (Å²) in [5.74, 6) is -0.557. The Morgan fingerprint density at radius 2 is 0.841 bits per heavy atom. The Bertz CT molecular complexity index is 1280. The Hall–Kier alpha value is -1.77. The van der Waals surface area contributed by atoms with Gasteiger partial charge < -0.3 is 28.5 Å². The molecule has 0 spiro atoms.